The second-order valence-electron chi connectivity index (χ2n) is 5.43. The van der Waals surface area contributed by atoms with E-state index < -0.39 is 11.7 Å². The van der Waals surface area contributed by atoms with Gasteiger partial charge in [0.15, 0.2) is 11.5 Å². The molecule has 1 aliphatic heterocycles. The second kappa shape index (κ2) is 6.16. The van der Waals surface area contributed by atoms with Crippen LogP contribution in [0.5, 0.6) is 11.5 Å². The zero-order valence-electron chi connectivity index (χ0n) is 13.1. The normalized spacial score (nSPS) is 14.3. The van der Waals surface area contributed by atoms with Crippen molar-refractivity contribution in [3.63, 3.8) is 0 Å². The lowest BCUT2D eigenvalue weighted by atomic mass is 10.1. The molecule has 3 rings (SSSR count). The van der Waals surface area contributed by atoms with E-state index in [1.54, 1.807) is 37.1 Å². The number of amides is 1. The molecule has 0 unspecified atom stereocenters. The Bertz CT molecular complexity index is 732. The summed E-state index contributed by atoms with van der Waals surface area (Å²) in [5.74, 6) is 0.304. The molecule has 6 heteroatoms. The van der Waals surface area contributed by atoms with Crippen molar-refractivity contribution in [2.75, 3.05) is 20.2 Å². The molecule has 0 atom stereocenters. The van der Waals surface area contributed by atoms with Crippen molar-refractivity contribution in [1.29, 1.82) is 0 Å². The fraction of sp³-hybridized carbons (Fsp3) is 0.294. The Balaban J connectivity index is 1.58. The van der Waals surface area contributed by atoms with Gasteiger partial charge in [-0.2, -0.15) is 0 Å². The molecular weight excluding hydrogens is 296 g/mol. The van der Waals surface area contributed by atoms with Gasteiger partial charge in [-0.05, 0) is 24.3 Å². The maximum atomic E-state index is 12.2. The van der Waals surface area contributed by atoms with Crippen LogP contribution in [0, 0.1) is 0 Å². The van der Waals surface area contributed by atoms with Gasteiger partial charge in [0.1, 0.15) is 6.10 Å². The van der Waals surface area contributed by atoms with E-state index in [1.807, 2.05) is 24.3 Å². The molecule has 0 saturated carbocycles. The Labute approximate surface area is 134 Å². The van der Waals surface area contributed by atoms with Gasteiger partial charge >= 0.3 is 0 Å². The number of likely N-dealkylation sites (tertiary alicyclic amines) is 1. The third-order valence-electron chi connectivity index (χ3n) is 3.87. The molecule has 0 radical (unpaired) electrons. The number of nitrogens with zero attached hydrogens (tertiary/aromatic N) is 2. The van der Waals surface area contributed by atoms with Crippen LogP contribution in [0.4, 0.5) is 0 Å². The number of ether oxygens (including phenoxy) is 2. The largest absolute Gasteiger partial charge is 0.493 e. The Kier molecular flexibility index (Phi) is 4.06. The minimum atomic E-state index is -0.494. The van der Waals surface area contributed by atoms with Crippen LogP contribution in [0.25, 0.3) is 0 Å². The van der Waals surface area contributed by atoms with Crippen LogP contribution in [0.3, 0.4) is 0 Å². The number of carbonyl (C=O) groups excluding carboxylic acids is 2. The monoisotopic (exact) mass is 314 g/mol. The van der Waals surface area contributed by atoms with E-state index in [9.17, 15) is 9.59 Å². The van der Waals surface area contributed by atoms with E-state index >= 15 is 0 Å². The molecule has 2 aromatic rings. The van der Waals surface area contributed by atoms with Crippen molar-refractivity contribution in [3.8, 4) is 11.5 Å². The fourth-order valence-electron chi connectivity index (χ4n) is 2.52. The highest BCUT2D eigenvalue weighted by molar-refractivity contribution is 6.42. The van der Waals surface area contributed by atoms with E-state index in [2.05, 4.69) is 0 Å². The highest BCUT2D eigenvalue weighted by Gasteiger charge is 2.36. The first-order chi connectivity index (χ1) is 11.1. The average molecular weight is 314 g/mol. The number of para-hydroxylation sites is 2. The number of aryl methyl sites for hydroxylation is 1. The van der Waals surface area contributed by atoms with Gasteiger partial charge in [-0.3, -0.25) is 9.59 Å². The molecule has 1 aromatic carbocycles. The molecule has 120 valence electrons. The van der Waals surface area contributed by atoms with Crippen LogP contribution < -0.4 is 9.47 Å². The van der Waals surface area contributed by atoms with Crippen molar-refractivity contribution in [3.05, 3.63) is 48.3 Å². The highest BCUT2D eigenvalue weighted by Crippen LogP contribution is 2.28. The molecule has 1 aromatic heterocycles. The Hall–Kier alpha value is -2.76. The summed E-state index contributed by atoms with van der Waals surface area (Å²) in [6.45, 7) is 0.792. The third kappa shape index (κ3) is 2.92. The number of methoxy groups -OCH3 is 1. The molecule has 0 bridgehead atoms. The number of hydrogen-bond donors (Lipinski definition) is 0. The second-order valence-corrected chi connectivity index (χ2v) is 5.43. The van der Waals surface area contributed by atoms with Gasteiger partial charge in [0.25, 0.3) is 11.7 Å². The lowest BCUT2D eigenvalue weighted by Crippen LogP contribution is -2.58. The molecule has 1 saturated heterocycles. The zero-order chi connectivity index (χ0) is 16.4. The van der Waals surface area contributed by atoms with E-state index in [-0.39, 0.29) is 6.10 Å². The van der Waals surface area contributed by atoms with Gasteiger partial charge in [-0.15, -0.1) is 0 Å². The summed E-state index contributed by atoms with van der Waals surface area (Å²) in [6, 6.07) is 10.7. The fourth-order valence-corrected chi connectivity index (χ4v) is 2.52. The maximum absolute atomic E-state index is 12.2. The minimum absolute atomic E-state index is 0.128. The molecule has 2 heterocycles. The van der Waals surface area contributed by atoms with Gasteiger partial charge in [0, 0.05) is 13.2 Å². The first kappa shape index (κ1) is 15.1. The first-order valence-electron chi connectivity index (χ1n) is 7.34. The quantitative estimate of drug-likeness (QED) is 0.620. The summed E-state index contributed by atoms with van der Waals surface area (Å²) in [7, 11) is 3.32. The number of rotatable bonds is 5. The molecule has 1 fully saturated rings. The predicted octanol–water partition coefficient (Wildman–Crippen LogP) is 1.51. The van der Waals surface area contributed by atoms with Crippen LogP contribution in [0.1, 0.15) is 10.5 Å². The summed E-state index contributed by atoms with van der Waals surface area (Å²) >= 11 is 0. The third-order valence-corrected chi connectivity index (χ3v) is 3.87. The zero-order valence-corrected chi connectivity index (χ0v) is 13.1. The summed E-state index contributed by atoms with van der Waals surface area (Å²) in [5, 5.41) is 0. The Morgan fingerprint density at radius 3 is 2.39 bits per heavy atom. The van der Waals surface area contributed by atoms with Crippen molar-refractivity contribution < 1.29 is 19.1 Å². The number of carbonyl (C=O) groups is 2. The van der Waals surface area contributed by atoms with Crippen molar-refractivity contribution >= 4 is 11.7 Å². The summed E-state index contributed by atoms with van der Waals surface area (Å²) in [4.78, 5) is 25.8. The molecule has 23 heavy (non-hydrogen) atoms. The Morgan fingerprint density at radius 2 is 1.78 bits per heavy atom. The van der Waals surface area contributed by atoms with E-state index in [0.717, 1.165) is 0 Å². The van der Waals surface area contributed by atoms with E-state index in [4.69, 9.17) is 9.47 Å². The number of hydrogen-bond acceptors (Lipinski definition) is 4. The van der Waals surface area contributed by atoms with Gasteiger partial charge in [0.2, 0.25) is 0 Å². The SMILES string of the molecule is COc1ccccc1OC1CN(C(=O)C(=O)c2cccn2C)C1. The van der Waals surface area contributed by atoms with Crippen LogP contribution in [0.2, 0.25) is 0 Å². The van der Waals surface area contributed by atoms with Crippen molar-refractivity contribution in [1.82, 2.24) is 9.47 Å². The first-order valence-corrected chi connectivity index (χ1v) is 7.34. The lowest BCUT2D eigenvalue weighted by Gasteiger charge is -2.38. The lowest BCUT2D eigenvalue weighted by molar-refractivity contribution is -0.134. The average Bonchev–Trinajstić information content (AvgIpc) is 2.95. The number of aromatic nitrogens is 1. The predicted molar refractivity (Wildman–Crippen MR) is 83.7 cm³/mol. The molecule has 0 aliphatic carbocycles. The minimum Gasteiger partial charge on any atom is -0.493 e. The van der Waals surface area contributed by atoms with Gasteiger partial charge in [-0.25, -0.2) is 0 Å². The van der Waals surface area contributed by atoms with Crippen molar-refractivity contribution in [2.45, 2.75) is 6.10 Å². The maximum Gasteiger partial charge on any atom is 0.296 e. The molecule has 1 aliphatic rings. The van der Waals surface area contributed by atoms with Crippen LogP contribution in [-0.4, -0.2) is 47.5 Å². The number of benzene rings is 1. The van der Waals surface area contributed by atoms with Gasteiger partial charge < -0.3 is 18.9 Å². The Morgan fingerprint density at radius 1 is 1.09 bits per heavy atom. The standard InChI is InChI=1S/C17H18N2O4/c1-18-9-5-6-13(18)16(20)17(21)19-10-12(11-19)23-15-8-4-3-7-14(15)22-2/h3-9,12H,10-11H2,1-2H3. The number of Topliss-reactive ketones (excluding diaryl/α,β-unsaturated/α-hetero) is 1. The summed E-state index contributed by atoms with van der Waals surface area (Å²) < 4.78 is 12.7. The summed E-state index contributed by atoms with van der Waals surface area (Å²) in [6.07, 6.45) is 1.61. The molecule has 0 spiro atoms. The van der Waals surface area contributed by atoms with E-state index in [0.29, 0.717) is 30.3 Å². The van der Waals surface area contributed by atoms with Crippen molar-refractivity contribution in [2.24, 2.45) is 7.05 Å². The van der Waals surface area contributed by atoms with Crippen LogP contribution >= 0.6 is 0 Å². The molecular formula is C17H18N2O4. The van der Waals surface area contributed by atoms with E-state index in [1.165, 1.54) is 4.90 Å². The van der Waals surface area contributed by atoms with Gasteiger partial charge in [0.05, 0.1) is 25.9 Å². The van der Waals surface area contributed by atoms with Crippen LogP contribution in [0.15, 0.2) is 42.6 Å². The highest BCUT2D eigenvalue weighted by atomic mass is 16.5. The topological polar surface area (TPSA) is 60.8 Å². The number of ketones is 1. The van der Waals surface area contributed by atoms with Crippen LogP contribution in [-0.2, 0) is 11.8 Å². The molecule has 6 nitrogen and oxygen atoms in total. The smallest absolute Gasteiger partial charge is 0.296 e. The summed E-state index contributed by atoms with van der Waals surface area (Å²) in [5.41, 5.74) is 0.393. The molecule has 1 amide bonds. The van der Waals surface area contributed by atoms with Gasteiger partial charge in [-0.1, -0.05) is 12.1 Å². The molecule has 0 N–H and O–H groups in total.